The second-order valence-corrected chi connectivity index (χ2v) is 12.5. The third-order valence-corrected chi connectivity index (χ3v) is 10.2. The first-order valence-electron chi connectivity index (χ1n) is 12.2. The van der Waals surface area contributed by atoms with Crippen LogP contribution in [0.4, 0.5) is 5.13 Å². The van der Waals surface area contributed by atoms with Gasteiger partial charge in [0.15, 0.2) is 5.13 Å². The molecule has 0 bridgehead atoms. The molecular formula is C27H27ClN4O4S2. The van der Waals surface area contributed by atoms with Crippen LogP contribution < -0.4 is 9.64 Å². The predicted octanol–water partition coefficient (Wildman–Crippen LogP) is 5.30. The van der Waals surface area contributed by atoms with Gasteiger partial charge >= 0.3 is 0 Å². The summed E-state index contributed by atoms with van der Waals surface area (Å²) in [6.45, 7) is 2.77. The summed E-state index contributed by atoms with van der Waals surface area (Å²) in [7, 11) is -2.13. The van der Waals surface area contributed by atoms with Gasteiger partial charge in [0.1, 0.15) is 5.75 Å². The van der Waals surface area contributed by atoms with Gasteiger partial charge in [-0.25, -0.2) is 13.4 Å². The number of amides is 1. The number of halogens is 1. The number of sulfonamides is 1. The molecule has 11 heteroatoms. The Morgan fingerprint density at radius 3 is 2.55 bits per heavy atom. The fraction of sp³-hybridized carbons (Fsp3) is 0.296. The van der Waals surface area contributed by atoms with Gasteiger partial charge in [-0.15, -0.1) is 0 Å². The van der Waals surface area contributed by atoms with E-state index in [9.17, 15) is 13.2 Å². The Labute approximate surface area is 230 Å². The minimum Gasteiger partial charge on any atom is -0.497 e. The first kappa shape index (κ1) is 26.6. The summed E-state index contributed by atoms with van der Waals surface area (Å²) in [5.41, 5.74) is 2.54. The van der Waals surface area contributed by atoms with E-state index in [1.54, 1.807) is 41.6 Å². The molecule has 1 fully saturated rings. The van der Waals surface area contributed by atoms with Crippen molar-refractivity contribution in [3.05, 3.63) is 77.1 Å². The lowest BCUT2D eigenvalue weighted by Gasteiger charge is -2.33. The minimum atomic E-state index is -3.66. The summed E-state index contributed by atoms with van der Waals surface area (Å²) in [4.78, 5) is 24.8. The second kappa shape index (κ2) is 11.0. The Kier molecular flexibility index (Phi) is 7.67. The van der Waals surface area contributed by atoms with Gasteiger partial charge in [0.05, 0.1) is 28.8 Å². The van der Waals surface area contributed by atoms with E-state index in [1.807, 2.05) is 31.2 Å². The summed E-state index contributed by atoms with van der Waals surface area (Å²) in [5.74, 6) is 0.193. The fourth-order valence-electron chi connectivity index (χ4n) is 4.58. The largest absolute Gasteiger partial charge is 0.497 e. The van der Waals surface area contributed by atoms with Crippen LogP contribution in [0.3, 0.4) is 0 Å². The highest BCUT2D eigenvalue weighted by Gasteiger charge is 2.35. The van der Waals surface area contributed by atoms with Crippen molar-refractivity contribution in [3.8, 4) is 5.75 Å². The summed E-state index contributed by atoms with van der Waals surface area (Å²) in [6.07, 6.45) is 4.28. The van der Waals surface area contributed by atoms with Crippen LogP contribution in [0.15, 0.2) is 65.8 Å². The van der Waals surface area contributed by atoms with Gasteiger partial charge in [-0.1, -0.05) is 29.0 Å². The van der Waals surface area contributed by atoms with Crippen molar-refractivity contribution < 1.29 is 17.9 Å². The van der Waals surface area contributed by atoms with Crippen molar-refractivity contribution in [1.29, 1.82) is 0 Å². The van der Waals surface area contributed by atoms with Crippen LogP contribution in [0.2, 0.25) is 5.02 Å². The lowest BCUT2D eigenvalue weighted by atomic mass is 9.96. The van der Waals surface area contributed by atoms with Crippen molar-refractivity contribution in [2.75, 3.05) is 25.1 Å². The molecular weight excluding hydrogens is 544 g/mol. The minimum absolute atomic E-state index is 0.0712. The van der Waals surface area contributed by atoms with E-state index in [4.69, 9.17) is 21.3 Å². The number of anilines is 1. The third kappa shape index (κ3) is 5.26. The number of nitrogens with zero attached hydrogens (tertiary/aromatic N) is 4. The molecule has 0 atom stereocenters. The van der Waals surface area contributed by atoms with Gasteiger partial charge < -0.3 is 4.74 Å². The molecule has 38 heavy (non-hydrogen) atoms. The lowest BCUT2D eigenvalue weighted by molar-refractivity contribution is -0.123. The Hall–Kier alpha value is -3.05. The van der Waals surface area contributed by atoms with Gasteiger partial charge in [-0.05, 0) is 73.4 Å². The second-order valence-electron chi connectivity index (χ2n) is 9.16. The lowest BCUT2D eigenvalue weighted by Crippen LogP contribution is -2.44. The maximum absolute atomic E-state index is 13.9. The number of fused-ring (bicyclic) bond motifs is 1. The Morgan fingerprint density at radius 2 is 1.89 bits per heavy atom. The first-order chi connectivity index (χ1) is 18.3. The van der Waals surface area contributed by atoms with E-state index in [1.165, 1.54) is 22.8 Å². The van der Waals surface area contributed by atoms with E-state index in [0.717, 1.165) is 21.3 Å². The Morgan fingerprint density at radius 1 is 1.16 bits per heavy atom. The number of aromatic nitrogens is 2. The number of hydrogen-bond acceptors (Lipinski definition) is 7. The molecule has 1 amide bonds. The smallest absolute Gasteiger partial charge is 0.243 e. The van der Waals surface area contributed by atoms with Gasteiger partial charge in [-0.2, -0.15) is 4.31 Å². The van der Waals surface area contributed by atoms with Crippen molar-refractivity contribution in [3.63, 3.8) is 0 Å². The van der Waals surface area contributed by atoms with Crippen LogP contribution in [-0.4, -0.2) is 48.8 Å². The number of hydrogen-bond donors (Lipinski definition) is 0. The number of piperidine rings is 1. The van der Waals surface area contributed by atoms with Crippen molar-refractivity contribution in [2.45, 2.75) is 31.2 Å². The van der Waals surface area contributed by atoms with Crippen LogP contribution in [0.25, 0.3) is 10.2 Å². The van der Waals surface area contributed by atoms with Gasteiger partial charge in [0, 0.05) is 36.4 Å². The zero-order valence-corrected chi connectivity index (χ0v) is 23.4. The standard InChI is InChI=1S/C27H27ClN4O4S2/c1-18-23(28)9-10-24-25(18)30-27(37-24)32(17-19-4-3-13-29-16-19)26(33)20-11-14-31(15-12-20)38(34,35)22-7-5-21(36-2)6-8-22/h3-10,13,16,20H,11-12,14-15,17H2,1-2H3. The molecule has 1 aliphatic heterocycles. The maximum Gasteiger partial charge on any atom is 0.243 e. The molecule has 0 spiro atoms. The van der Waals surface area contributed by atoms with Crippen LogP contribution >= 0.6 is 22.9 Å². The molecule has 2 aromatic carbocycles. The molecule has 5 rings (SSSR count). The maximum atomic E-state index is 13.9. The first-order valence-corrected chi connectivity index (χ1v) is 14.8. The third-order valence-electron chi connectivity index (χ3n) is 6.80. The molecule has 0 radical (unpaired) electrons. The molecule has 3 heterocycles. The SMILES string of the molecule is COc1ccc(S(=O)(=O)N2CCC(C(=O)N(Cc3cccnc3)c3nc4c(C)c(Cl)ccc4s3)CC2)cc1. The van der Waals surface area contributed by atoms with E-state index < -0.39 is 10.0 Å². The quantitative estimate of drug-likeness (QED) is 0.299. The van der Waals surface area contributed by atoms with Crippen molar-refractivity contribution in [1.82, 2.24) is 14.3 Å². The van der Waals surface area contributed by atoms with Crippen molar-refractivity contribution >= 4 is 54.2 Å². The summed E-state index contributed by atoms with van der Waals surface area (Å²) in [5, 5.41) is 1.22. The predicted molar refractivity (Wildman–Crippen MR) is 149 cm³/mol. The number of pyridine rings is 1. The zero-order chi connectivity index (χ0) is 26.9. The van der Waals surface area contributed by atoms with Crippen LogP contribution in [0.5, 0.6) is 5.75 Å². The van der Waals surface area contributed by atoms with E-state index in [-0.39, 0.29) is 29.8 Å². The van der Waals surface area contributed by atoms with E-state index in [0.29, 0.717) is 35.3 Å². The number of aryl methyl sites for hydroxylation is 1. The number of benzene rings is 2. The molecule has 2 aromatic heterocycles. The summed E-state index contributed by atoms with van der Waals surface area (Å²) < 4.78 is 33.9. The Bertz CT molecular complexity index is 1550. The Balaban J connectivity index is 1.37. The van der Waals surface area contributed by atoms with Crippen LogP contribution in [0, 0.1) is 12.8 Å². The normalized spacial score (nSPS) is 15.0. The van der Waals surface area contributed by atoms with Gasteiger partial charge in [0.2, 0.25) is 15.9 Å². The molecule has 0 saturated carbocycles. The molecule has 0 N–H and O–H groups in total. The fourth-order valence-corrected chi connectivity index (χ4v) is 7.23. The van der Waals surface area contributed by atoms with Gasteiger partial charge in [-0.3, -0.25) is 14.7 Å². The van der Waals surface area contributed by atoms with E-state index in [2.05, 4.69) is 4.98 Å². The van der Waals surface area contributed by atoms with E-state index >= 15 is 0 Å². The highest BCUT2D eigenvalue weighted by Crippen LogP contribution is 2.36. The monoisotopic (exact) mass is 570 g/mol. The van der Waals surface area contributed by atoms with Crippen molar-refractivity contribution in [2.24, 2.45) is 5.92 Å². The number of carbonyl (C=O) groups excluding carboxylic acids is 1. The van der Waals surface area contributed by atoms with Crippen LogP contribution in [0.1, 0.15) is 24.0 Å². The molecule has 0 unspecified atom stereocenters. The molecule has 4 aromatic rings. The number of thiazole rings is 1. The topological polar surface area (TPSA) is 92.7 Å². The summed E-state index contributed by atoms with van der Waals surface area (Å²) in [6, 6.07) is 13.9. The molecule has 198 valence electrons. The average Bonchev–Trinajstić information content (AvgIpc) is 3.39. The highest BCUT2D eigenvalue weighted by molar-refractivity contribution is 7.89. The number of carbonyl (C=O) groups is 1. The molecule has 1 saturated heterocycles. The van der Waals surface area contributed by atoms with Crippen LogP contribution in [-0.2, 0) is 21.4 Å². The number of methoxy groups -OCH3 is 1. The zero-order valence-electron chi connectivity index (χ0n) is 21.0. The molecule has 1 aliphatic rings. The van der Waals surface area contributed by atoms with Gasteiger partial charge in [0.25, 0.3) is 0 Å². The summed E-state index contributed by atoms with van der Waals surface area (Å²) >= 11 is 7.76. The highest BCUT2D eigenvalue weighted by atomic mass is 35.5. The average molecular weight is 571 g/mol. The number of ether oxygens (including phenoxy) is 1. The number of rotatable bonds is 7. The molecule has 0 aliphatic carbocycles. The molecule has 8 nitrogen and oxygen atoms in total.